The summed E-state index contributed by atoms with van der Waals surface area (Å²) in [7, 11) is -0.909. The molecule has 3 amide bonds. The number of carboxylic acids is 1. The number of thiazole rings is 1. The standard InChI is InChI=1S/C29H33N7O8S2/c1-34-8-7-22-23(16-34)45-27(32-22)28(40)36-10-9-35(15-20(36)13-24(37)31-14-25(38)39)46(42,43)21-6-5-17-11-19(4-3-18(17)12-21)26(30)33-29(41)44-2/h3-6,11-12,20H,7-10,13-16H2,1-2H3,(H,31,37)(H,38,39)(H2,30,33,41). The summed E-state index contributed by atoms with van der Waals surface area (Å²) >= 11 is 1.29. The molecule has 2 aromatic carbocycles. The molecule has 0 spiro atoms. The Labute approximate surface area is 268 Å². The lowest BCUT2D eigenvalue weighted by molar-refractivity contribution is -0.138. The van der Waals surface area contributed by atoms with Gasteiger partial charge in [0.2, 0.25) is 15.9 Å². The van der Waals surface area contributed by atoms with Gasteiger partial charge in [-0.25, -0.2) is 18.2 Å². The summed E-state index contributed by atoms with van der Waals surface area (Å²) < 4.78 is 33.4. The van der Waals surface area contributed by atoms with E-state index < -0.39 is 46.5 Å². The van der Waals surface area contributed by atoms with Gasteiger partial charge in [0, 0.05) is 56.0 Å². The van der Waals surface area contributed by atoms with Crippen LogP contribution in [0, 0.1) is 5.41 Å². The maximum absolute atomic E-state index is 13.9. The molecule has 3 aromatic rings. The number of hydrogen-bond donors (Lipinski definition) is 4. The van der Waals surface area contributed by atoms with Gasteiger partial charge in [-0.2, -0.15) is 4.31 Å². The van der Waals surface area contributed by atoms with Crippen LogP contribution in [-0.4, -0.2) is 115 Å². The van der Waals surface area contributed by atoms with Gasteiger partial charge in [-0.15, -0.1) is 11.3 Å². The van der Waals surface area contributed by atoms with Crippen molar-refractivity contribution in [3.05, 3.63) is 57.5 Å². The molecule has 46 heavy (non-hydrogen) atoms. The summed E-state index contributed by atoms with van der Waals surface area (Å²) in [4.78, 5) is 58.0. The lowest BCUT2D eigenvalue weighted by Gasteiger charge is -2.40. The Morgan fingerprint density at radius 3 is 2.59 bits per heavy atom. The number of ether oxygens (including phenoxy) is 1. The van der Waals surface area contributed by atoms with E-state index in [0.29, 0.717) is 29.3 Å². The van der Waals surface area contributed by atoms with Crippen molar-refractivity contribution < 1.29 is 37.4 Å². The van der Waals surface area contributed by atoms with Gasteiger partial charge in [-0.1, -0.05) is 18.2 Å². The second-order valence-corrected chi connectivity index (χ2v) is 14.0. The summed E-state index contributed by atoms with van der Waals surface area (Å²) in [5, 5.41) is 23.1. The summed E-state index contributed by atoms with van der Waals surface area (Å²) in [5.74, 6) is -2.43. The van der Waals surface area contributed by atoms with E-state index in [1.165, 1.54) is 39.8 Å². The first-order chi connectivity index (χ1) is 21.8. The molecule has 1 saturated heterocycles. The maximum Gasteiger partial charge on any atom is 0.412 e. The van der Waals surface area contributed by atoms with Crippen LogP contribution in [0.5, 0.6) is 0 Å². The predicted octanol–water partition coefficient (Wildman–Crippen LogP) is 1.07. The zero-order valence-electron chi connectivity index (χ0n) is 25.1. The number of nitrogens with zero attached hydrogens (tertiary/aromatic N) is 4. The van der Waals surface area contributed by atoms with Crippen molar-refractivity contribution in [2.75, 3.05) is 46.9 Å². The highest BCUT2D eigenvalue weighted by Crippen LogP contribution is 2.29. The molecule has 0 aliphatic carbocycles. The first-order valence-corrected chi connectivity index (χ1v) is 16.6. The molecular formula is C29H33N7O8S2. The Balaban J connectivity index is 1.37. The Kier molecular flexibility index (Phi) is 9.66. The van der Waals surface area contributed by atoms with E-state index in [2.05, 4.69) is 25.3 Å². The van der Waals surface area contributed by atoms with Crippen molar-refractivity contribution in [3.8, 4) is 0 Å². The van der Waals surface area contributed by atoms with Crippen LogP contribution in [0.1, 0.15) is 32.4 Å². The number of likely N-dealkylation sites (N-methyl/N-ethyl adjacent to an activating group) is 1. The summed E-state index contributed by atoms with van der Waals surface area (Å²) in [6.45, 7) is 0.682. The number of rotatable bonds is 8. The van der Waals surface area contributed by atoms with Gasteiger partial charge in [0.05, 0.1) is 23.7 Å². The minimum atomic E-state index is -4.08. The topological polar surface area (TPSA) is 202 Å². The van der Waals surface area contributed by atoms with Gasteiger partial charge in [0.15, 0.2) is 5.01 Å². The third kappa shape index (κ3) is 7.17. The van der Waals surface area contributed by atoms with Crippen LogP contribution in [0.4, 0.5) is 4.79 Å². The number of carbonyl (C=O) groups is 4. The Morgan fingerprint density at radius 1 is 1.11 bits per heavy atom. The number of fused-ring (bicyclic) bond motifs is 2. The smallest absolute Gasteiger partial charge is 0.412 e. The van der Waals surface area contributed by atoms with Crippen LogP contribution in [0.3, 0.4) is 0 Å². The highest BCUT2D eigenvalue weighted by molar-refractivity contribution is 7.89. The zero-order valence-corrected chi connectivity index (χ0v) is 26.7. The number of amidine groups is 1. The fraction of sp³-hybridized carbons (Fsp3) is 0.379. The van der Waals surface area contributed by atoms with Crippen molar-refractivity contribution in [3.63, 3.8) is 0 Å². The fourth-order valence-electron chi connectivity index (χ4n) is 5.40. The van der Waals surface area contributed by atoms with Crippen molar-refractivity contribution in [2.24, 2.45) is 0 Å². The predicted molar refractivity (Wildman–Crippen MR) is 167 cm³/mol. The molecule has 3 heterocycles. The molecule has 4 N–H and O–H groups in total. The van der Waals surface area contributed by atoms with Crippen LogP contribution >= 0.6 is 11.3 Å². The van der Waals surface area contributed by atoms with Crippen molar-refractivity contribution >= 4 is 61.8 Å². The van der Waals surface area contributed by atoms with Crippen molar-refractivity contribution in [1.82, 2.24) is 29.7 Å². The third-order valence-corrected chi connectivity index (χ3v) is 10.8. The number of hydrogen-bond acceptors (Lipinski definition) is 11. The molecule has 15 nitrogen and oxygen atoms in total. The molecule has 0 bridgehead atoms. The molecule has 2 aliphatic heterocycles. The number of amides is 3. The number of methoxy groups -OCH3 is 1. The number of aliphatic carboxylic acids is 1. The monoisotopic (exact) mass is 671 g/mol. The van der Waals surface area contributed by atoms with Gasteiger partial charge >= 0.3 is 12.1 Å². The van der Waals surface area contributed by atoms with E-state index in [1.54, 1.807) is 24.3 Å². The maximum atomic E-state index is 13.9. The molecule has 17 heteroatoms. The molecular weight excluding hydrogens is 638 g/mol. The number of alkyl carbamates (subject to hydrolysis) is 1. The number of carboxylic acid groups (broad SMARTS) is 1. The van der Waals surface area contributed by atoms with Gasteiger partial charge in [0.25, 0.3) is 5.91 Å². The van der Waals surface area contributed by atoms with Crippen LogP contribution < -0.4 is 10.6 Å². The average molecular weight is 672 g/mol. The van der Waals surface area contributed by atoms with E-state index in [1.807, 2.05) is 7.05 Å². The SMILES string of the molecule is COC(=O)NC(=N)c1ccc2cc(S(=O)(=O)N3CCN(C(=O)c4nc5c(s4)CN(C)CC5)C(CC(=O)NCC(=O)O)C3)ccc2c1. The molecule has 5 rings (SSSR count). The minimum Gasteiger partial charge on any atom is -0.480 e. The van der Waals surface area contributed by atoms with Crippen LogP contribution in [0.15, 0.2) is 41.3 Å². The second-order valence-electron chi connectivity index (χ2n) is 11.0. The normalized spacial score (nSPS) is 17.3. The largest absolute Gasteiger partial charge is 0.480 e. The van der Waals surface area contributed by atoms with Crippen molar-refractivity contribution in [1.29, 1.82) is 5.41 Å². The minimum absolute atomic E-state index is 0.00101. The Hall–Kier alpha value is -4.45. The highest BCUT2D eigenvalue weighted by Gasteiger charge is 2.39. The Morgan fingerprint density at radius 2 is 1.85 bits per heavy atom. The van der Waals surface area contributed by atoms with Gasteiger partial charge < -0.3 is 25.0 Å². The first-order valence-electron chi connectivity index (χ1n) is 14.3. The summed E-state index contributed by atoms with van der Waals surface area (Å²) in [6, 6.07) is 8.49. The first kappa shape index (κ1) is 32.9. The van der Waals surface area contributed by atoms with Crippen LogP contribution in [0.25, 0.3) is 10.8 Å². The van der Waals surface area contributed by atoms with E-state index in [4.69, 9.17) is 10.5 Å². The van der Waals surface area contributed by atoms with E-state index in [-0.39, 0.29) is 41.8 Å². The molecule has 244 valence electrons. The van der Waals surface area contributed by atoms with E-state index in [9.17, 15) is 27.6 Å². The molecule has 1 unspecified atom stereocenters. The number of sulfonamides is 1. The number of carbonyl (C=O) groups excluding carboxylic acids is 3. The highest BCUT2D eigenvalue weighted by atomic mass is 32.2. The molecule has 1 atom stereocenters. The summed E-state index contributed by atoms with van der Waals surface area (Å²) in [5.41, 5.74) is 1.26. The second kappa shape index (κ2) is 13.5. The van der Waals surface area contributed by atoms with Crippen LogP contribution in [0.2, 0.25) is 0 Å². The quantitative estimate of drug-likeness (QED) is 0.198. The number of aromatic nitrogens is 1. The molecule has 1 fully saturated rings. The zero-order chi connectivity index (χ0) is 33.2. The van der Waals surface area contributed by atoms with E-state index >= 15 is 0 Å². The number of piperazine rings is 1. The molecule has 2 aliphatic rings. The lowest BCUT2D eigenvalue weighted by Crippen LogP contribution is -2.57. The third-order valence-electron chi connectivity index (χ3n) is 7.82. The molecule has 0 saturated carbocycles. The fourth-order valence-corrected chi connectivity index (χ4v) is 8.05. The number of benzene rings is 2. The van der Waals surface area contributed by atoms with E-state index in [0.717, 1.165) is 17.1 Å². The molecule has 1 aromatic heterocycles. The van der Waals surface area contributed by atoms with Gasteiger partial charge in [-0.3, -0.25) is 25.1 Å². The lowest BCUT2D eigenvalue weighted by atomic mass is 10.1. The molecule has 0 radical (unpaired) electrons. The van der Waals surface area contributed by atoms with Gasteiger partial charge in [-0.05, 0) is 36.0 Å². The summed E-state index contributed by atoms with van der Waals surface area (Å²) in [6.07, 6.45) is -0.377. The van der Waals surface area contributed by atoms with Crippen LogP contribution in [-0.2, 0) is 37.3 Å². The average Bonchev–Trinajstić information content (AvgIpc) is 3.46. The number of nitrogens with one attached hydrogen (secondary N) is 3. The van der Waals surface area contributed by atoms with Gasteiger partial charge in [0.1, 0.15) is 12.4 Å². The van der Waals surface area contributed by atoms with Crippen molar-refractivity contribution in [2.45, 2.75) is 30.3 Å². The Bertz CT molecular complexity index is 1830.